The van der Waals surface area contributed by atoms with E-state index in [0.717, 1.165) is 17.7 Å². The zero-order valence-corrected chi connectivity index (χ0v) is 25.3. The molecule has 0 aliphatic heterocycles. The molecule has 0 radical (unpaired) electrons. The van der Waals surface area contributed by atoms with Crippen molar-refractivity contribution in [1.29, 1.82) is 0 Å². The third kappa shape index (κ3) is 8.50. The molecule has 2 amide bonds. The minimum Gasteiger partial charge on any atom is -0.497 e. The van der Waals surface area contributed by atoms with Gasteiger partial charge in [0.2, 0.25) is 11.8 Å². The average molecular weight is 620 g/mol. The molecule has 1 unspecified atom stereocenters. The number of ether oxygens (including phenoxy) is 1. The van der Waals surface area contributed by atoms with Gasteiger partial charge in [0.1, 0.15) is 18.3 Å². The van der Waals surface area contributed by atoms with Gasteiger partial charge < -0.3 is 15.0 Å². The fourth-order valence-corrected chi connectivity index (χ4v) is 5.82. The van der Waals surface area contributed by atoms with Crippen molar-refractivity contribution in [3.05, 3.63) is 89.5 Å². The van der Waals surface area contributed by atoms with E-state index in [1.165, 1.54) is 30.2 Å². The molecule has 0 aliphatic carbocycles. The van der Waals surface area contributed by atoms with Gasteiger partial charge in [-0.1, -0.05) is 49.7 Å². The van der Waals surface area contributed by atoms with Crippen LogP contribution in [0, 0.1) is 6.92 Å². The number of halogens is 3. The van der Waals surface area contributed by atoms with E-state index in [1.54, 1.807) is 50.2 Å². The highest BCUT2D eigenvalue weighted by molar-refractivity contribution is 7.92. The predicted octanol–water partition coefficient (Wildman–Crippen LogP) is 5.55. The summed E-state index contributed by atoms with van der Waals surface area (Å²) in [5, 5.41) is 2.78. The fraction of sp³-hybridized carbons (Fsp3) is 0.355. The number of carbonyl (C=O) groups excluding carboxylic acids is 2. The Morgan fingerprint density at radius 2 is 1.63 bits per heavy atom. The zero-order valence-electron chi connectivity index (χ0n) is 24.5. The van der Waals surface area contributed by atoms with Crippen LogP contribution in [0.5, 0.6) is 5.75 Å². The molecule has 1 N–H and O–H groups in total. The summed E-state index contributed by atoms with van der Waals surface area (Å²) >= 11 is 0. The standard InChI is InChI=1S/C31H36F3N3O5S/c1-5-18-35-30(39)28(6-2)36(20-23-12-14-26(42-4)15-13-23)29(38)21-37(25-9-7-8-24(19-25)31(32,33)34)43(40,41)27-16-10-22(3)11-17-27/h7-17,19,28H,5-6,18,20-21H2,1-4H3,(H,35,39). The van der Waals surface area contributed by atoms with Crippen molar-refractivity contribution in [3.8, 4) is 5.75 Å². The van der Waals surface area contributed by atoms with Crippen molar-refractivity contribution in [2.45, 2.75) is 57.3 Å². The van der Waals surface area contributed by atoms with Gasteiger partial charge in [-0.25, -0.2) is 8.42 Å². The lowest BCUT2D eigenvalue weighted by molar-refractivity contribution is -0.140. The molecule has 43 heavy (non-hydrogen) atoms. The number of aryl methyl sites for hydroxylation is 1. The summed E-state index contributed by atoms with van der Waals surface area (Å²) in [7, 11) is -3.00. The first-order chi connectivity index (χ1) is 20.3. The third-order valence-electron chi connectivity index (χ3n) is 6.80. The molecule has 0 heterocycles. The van der Waals surface area contributed by atoms with Crippen LogP contribution in [0.3, 0.4) is 0 Å². The van der Waals surface area contributed by atoms with E-state index in [9.17, 15) is 31.2 Å². The second-order valence-electron chi connectivity index (χ2n) is 9.96. The van der Waals surface area contributed by atoms with Crippen LogP contribution < -0.4 is 14.4 Å². The van der Waals surface area contributed by atoms with Crippen molar-refractivity contribution in [1.82, 2.24) is 10.2 Å². The molecular weight excluding hydrogens is 583 g/mol. The smallest absolute Gasteiger partial charge is 0.416 e. The molecule has 0 aromatic heterocycles. The summed E-state index contributed by atoms with van der Waals surface area (Å²) in [5.74, 6) is -0.602. The largest absolute Gasteiger partial charge is 0.497 e. The molecule has 3 aromatic carbocycles. The van der Waals surface area contributed by atoms with Crippen LogP contribution >= 0.6 is 0 Å². The number of nitrogens with one attached hydrogen (secondary N) is 1. The number of sulfonamides is 1. The van der Waals surface area contributed by atoms with Gasteiger partial charge in [0.25, 0.3) is 10.0 Å². The molecule has 0 bridgehead atoms. The summed E-state index contributed by atoms with van der Waals surface area (Å²) < 4.78 is 74.5. The van der Waals surface area contributed by atoms with Crippen molar-refractivity contribution in [2.75, 3.05) is 24.5 Å². The molecule has 3 aromatic rings. The molecular formula is C31H36F3N3O5S. The van der Waals surface area contributed by atoms with Crippen molar-refractivity contribution in [2.24, 2.45) is 0 Å². The number of nitrogens with zero attached hydrogens (tertiary/aromatic N) is 2. The number of rotatable bonds is 13. The topological polar surface area (TPSA) is 96.0 Å². The Morgan fingerprint density at radius 1 is 0.977 bits per heavy atom. The Bertz CT molecular complexity index is 1490. The molecule has 0 saturated carbocycles. The second-order valence-corrected chi connectivity index (χ2v) is 11.8. The molecule has 0 aliphatic rings. The van der Waals surface area contributed by atoms with Crippen LogP contribution in [-0.2, 0) is 32.3 Å². The molecule has 3 rings (SSSR count). The minimum atomic E-state index is -4.75. The van der Waals surface area contributed by atoms with E-state index in [4.69, 9.17) is 4.74 Å². The Hall–Kier alpha value is -4.06. The van der Waals surface area contributed by atoms with Gasteiger partial charge in [-0.2, -0.15) is 13.2 Å². The zero-order chi connectivity index (χ0) is 31.8. The van der Waals surface area contributed by atoms with Gasteiger partial charge in [-0.3, -0.25) is 13.9 Å². The summed E-state index contributed by atoms with van der Waals surface area (Å²) in [6, 6.07) is 15.4. The Labute approximate surface area is 250 Å². The van der Waals surface area contributed by atoms with Crippen LogP contribution in [0.1, 0.15) is 43.4 Å². The molecule has 0 spiro atoms. The van der Waals surface area contributed by atoms with E-state index in [1.807, 2.05) is 6.92 Å². The first-order valence-electron chi connectivity index (χ1n) is 13.8. The monoisotopic (exact) mass is 619 g/mol. The highest BCUT2D eigenvalue weighted by Gasteiger charge is 2.36. The number of amides is 2. The lowest BCUT2D eigenvalue weighted by Crippen LogP contribution is -2.52. The van der Waals surface area contributed by atoms with Crippen LogP contribution in [-0.4, -0.2) is 51.4 Å². The van der Waals surface area contributed by atoms with Crippen LogP contribution in [0.25, 0.3) is 0 Å². The summed E-state index contributed by atoms with van der Waals surface area (Å²) in [6.45, 7) is 4.84. The van der Waals surface area contributed by atoms with E-state index in [2.05, 4.69) is 5.32 Å². The molecule has 0 fully saturated rings. The lowest BCUT2D eigenvalue weighted by atomic mass is 10.1. The van der Waals surface area contributed by atoms with Gasteiger partial charge >= 0.3 is 6.18 Å². The second kappa shape index (κ2) is 14.4. The third-order valence-corrected chi connectivity index (χ3v) is 8.58. The fourth-order valence-electron chi connectivity index (χ4n) is 4.42. The summed E-state index contributed by atoms with van der Waals surface area (Å²) in [5.41, 5.74) is 0.0109. The van der Waals surface area contributed by atoms with Gasteiger partial charge in [0.05, 0.1) is 23.3 Å². The summed E-state index contributed by atoms with van der Waals surface area (Å²) in [6.07, 6.45) is -3.87. The minimum absolute atomic E-state index is 0.0537. The van der Waals surface area contributed by atoms with Crippen molar-refractivity contribution < 1.29 is 35.9 Å². The number of carbonyl (C=O) groups is 2. The molecule has 232 valence electrons. The van der Waals surface area contributed by atoms with Gasteiger partial charge in [-0.05, 0) is 67.8 Å². The summed E-state index contributed by atoms with van der Waals surface area (Å²) in [4.78, 5) is 28.3. The predicted molar refractivity (Wildman–Crippen MR) is 158 cm³/mol. The molecule has 8 nitrogen and oxygen atoms in total. The first-order valence-corrected chi connectivity index (χ1v) is 15.2. The highest BCUT2D eigenvalue weighted by atomic mass is 32.2. The van der Waals surface area contributed by atoms with Gasteiger partial charge in [0, 0.05) is 13.1 Å². The molecule has 12 heteroatoms. The number of hydrogen-bond donors (Lipinski definition) is 1. The van der Waals surface area contributed by atoms with Crippen LogP contribution in [0.4, 0.5) is 18.9 Å². The number of alkyl halides is 3. The van der Waals surface area contributed by atoms with E-state index >= 15 is 0 Å². The van der Waals surface area contributed by atoms with E-state index < -0.39 is 46.2 Å². The molecule has 0 saturated heterocycles. The Kier molecular flexibility index (Phi) is 11.2. The highest BCUT2D eigenvalue weighted by Crippen LogP contribution is 2.33. The number of anilines is 1. The molecule has 1 atom stereocenters. The van der Waals surface area contributed by atoms with Crippen LogP contribution in [0.2, 0.25) is 0 Å². The average Bonchev–Trinajstić information content (AvgIpc) is 2.98. The number of hydrogen-bond acceptors (Lipinski definition) is 5. The maximum Gasteiger partial charge on any atom is 0.416 e. The Morgan fingerprint density at radius 3 is 2.19 bits per heavy atom. The van der Waals surface area contributed by atoms with Crippen LogP contribution in [0.15, 0.2) is 77.7 Å². The SMILES string of the molecule is CCCNC(=O)C(CC)N(Cc1ccc(OC)cc1)C(=O)CN(c1cccc(C(F)(F)F)c1)S(=O)(=O)c1ccc(C)cc1. The Balaban J connectivity index is 2.10. The number of methoxy groups -OCH3 is 1. The first kappa shape index (κ1) is 33.4. The van der Waals surface area contributed by atoms with Gasteiger partial charge in [-0.15, -0.1) is 0 Å². The lowest BCUT2D eigenvalue weighted by Gasteiger charge is -2.33. The van der Waals surface area contributed by atoms with E-state index in [-0.39, 0.29) is 23.5 Å². The maximum atomic E-state index is 14.0. The van der Waals surface area contributed by atoms with Crippen molar-refractivity contribution >= 4 is 27.5 Å². The van der Waals surface area contributed by atoms with Gasteiger partial charge in [0.15, 0.2) is 0 Å². The maximum absolute atomic E-state index is 14.0. The normalized spacial score (nSPS) is 12.3. The van der Waals surface area contributed by atoms with E-state index in [0.29, 0.717) is 34.7 Å². The quantitative estimate of drug-likeness (QED) is 0.271. The number of benzene rings is 3. The van der Waals surface area contributed by atoms with Crippen molar-refractivity contribution in [3.63, 3.8) is 0 Å².